The van der Waals surface area contributed by atoms with Gasteiger partial charge in [0.05, 0.1) is 6.54 Å². The lowest BCUT2D eigenvalue weighted by molar-refractivity contribution is -0.132. The van der Waals surface area contributed by atoms with Gasteiger partial charge in [0.1, 0.15) is 25.2 Å². The van der Waals surface area contributed by atoms with E-state index in [0.29, 0.717) is 19.7 Å². The van der Waals surface area contributed by atoms with Gasteiger partial charge in [-0.25, -0.2) is 9.67 Å². The fourth-order valence-electron chi connectivity index (χ4n) is 2.16. The van der Waals surface area contributed by atoms with Crippen molar-refractivity contribution < 1.29 is 9.53 Å². The summed E-state index contributed by atoms with van der Waals surface area (Å²) in [6.45, 7) is 1.71. The Morgan fingerprint density at radius 1 is 1.40 bits per heavy atom. The van der Waals surface area contributed by atoms with E-state index >= 15 is 0 Å². The second kappa shape index (κ2) is 5.20. The Morgan fingerprint density at radius 2 is 2.25 bits per heavy atom. The van der Waals surface area contributed by atoms with E-state index in [-0.39, 0.29) is 18.4 Å². The summed E-state index contributed by atoms with van der Waals surface area (Å²) in [5, 5.41) is 3.92. The molecule has 3 rings (SSSR count). The molecule has 1 aromatic heterocycles. The van der Waals surface area contributed by atoms with Crippen molar-refractivity contribution in [3.05, 3.63) is 36.2 Å². The quantitative estimate of drug-likeness (QED) is 0.849. The van der Waals surface area contributed by atoms with E-state index in [2.05, 4.69) is 10.1 Å². The lowest BCUT2D eigenvalue weighted by Gasteiger charge is -2.19. The summed E-state index contributed by atoms with van der Waals surface area (Å²) >= 11 is 0. The molecule has 1 aromatic carbocycles. The van der Waals surface area contributed by atoms with Gasteiger partial charge in [0.15, 0.2) is 0 Å². The fourth-order valence-corrected chi connectivity index (χ4v) is 2.16. The molecule has 7 nitrogen and oxygen atoms in total. The topological polar surface area (TPSA) is 86.3 Å². The van der Waals surface area contributed by atoms with Crippen LogP contribution in [0.1, 0.15) is 5.56 Å². The summed E-state index contributed by atoms with van der Waals surface area (Å²) in [5.74, 6) is 0.977. The highest BCUT2D eigenvalue weighted by Gasteiger charge is 2.20. The van der Waals surface area contributed by atoms with Crippen LogP contribution in [0.3, 0.4) is 0 Å². The van der Waals surface area contributed by atoms with E-state index in [1.54, 1.807) is 4.90 Å². The molecule has 2 aromatic rings. The normalized spacial score (nSPS) is 14.3. The number of nitrogen functional groups attached to an aromatic ring is 1. The molecule has 2 heterocycles. The predicted octanol–water partition coefficient (Wildman–Crippen LogP) is 0.281. The SMILES string of the molecule is Nc1ncn(CC(=O)N2CCOc3ccccc3C2)n1. The average molecular weight is 273 g/mol. The first-order valence-electron chi connectivity index (χ1n) is 6.36. The number of rotatable bonds is 2. The number of carbonyl (C=O) groups excluding carboxylic acids is 1. The highest BCUT2D eigenvalue weighted by Crippen LogP contribution is 2.22. The number of amides is 1. The van der Waals surface area contributed by atoms with E-state index in [1.165, 1.54) is 11.0 Å². The first-order valence-corrected chi connectivity index (χ1v) is 6.36. The molecule has 104 valence electrons. The van der Waals surface area contributed by atoms with Crippen LogP contribution in [0.4, 0.5) is 5.95 Å². The third-order valence-corrected chi connectivity index (χ3v) is 3.16. The summed E-state index contributed by atoms with van der Waals surface area (Å²) in [6.07, 6.45) is 1.45. The van der Waals surface area contributed by atoms with Crippen LogP contribution in [0.2, 0.25) is 0 Å². The second-order valence-electron chi connectivity index (χ2n) is 4.57. The molecule has 1 amide bonds. The van der Waals surface area contributed by atoms with Crippen molar-refractivity contribution in [1.82, 2.24) is 19.7 Å². The van der Waals surface area contributed by atoms with Crippen molar-refractivity contribution in [1.29, 1.82) is 0 Å². The largest absolute Gasteiger partial charge is 0.491 e. The molecule has 0 radical (unpaired) electrons. The van der Waals surface area contributed by atoms with Gasteiger partial charge in [0, 0.05) is 12.1 Å². The Balaban J connectivity index is 1.72. The highest BCUT2D eigenvalue weighted by molar-refractivity contribution is 5.76. The Bertz CT molecular complexity index is 625. The highest BCUT2D eigenvalue weighted by atomic mass is 16.5. The van der Waals surface area contributed by atoms with Crippen LogP contribution in [0.15, 0.2) is 30.6 Å². The monoisotopic (exact) mass is 273 g/mol. The van der Waals surface area contributed by atoms with Crippen LogP contribution in [-0.2, 0) is 17.9 Å². The molecule has 0 spiro atoms. The molecule has 0 fully saturated rings. The van der Waals surface area contributed by atoms with Crippen molar-refractivity contribution in [3.63, 3.8) is 0 Å². The van der Waals surface area contributed by atoms with Crippen LogP contribution in [0.5, 0.6) is 5.75 Å². The van der Waals surface area contributed by atoms with Gasteiger partial charge >= 0.3 is 0 Å². The first kappa shape index (κ1) is 12.5. The summed E-state index contributed by atoms with van der Waals surface area (Å²) in [4.78, 5) is 17.8. The number of hydrogen-bond donors (Lipinski definition) is 1. The lowest BCUT2D eigenvalue weighted by Crippen LogP contribution is -2.35. The van der Waals surface area contributed by atoms with Crippen molar-refractivity contribution >= 4 is 11.9 Å². The number of anilines is 1. The third kappa shape index (κ3) is 2.56. The minimum absolute atomic E-state index is 0.0322. The number of nitrogens with two attached hydrogens (primary N) is 1. The molecule has 0 atom stereocenters. The minimum Gasteiger partial charge on any atom is -0.491 e. The second-order valence-corrected chi connectivity index (χ2v) is 4.57. The Hall–Kier alpha value is -2.57. The average Bonchev–Trinajstić information content (AvgIpc) is 2.74. The number of carbonyl (C=O) groups is 1. The molecule has 1 aliphatic rings. The van der Waals surface area contributed by atoms with Crippen molar-refractivity contribution in [2.75, 3.05) is 18.9 Å². The third-order valence-electron chi connectivity index (χ3n) is 3.16. The molecule has 20 heavy (non-hydrogen) atoms. The molecular weight excluding hydrogens is 258 g/mol. The number of benzene rings is 1. The van der Waals surface area contributed by atoms with Crippen LogP contribution >= 0.6 is 0 Å². The number of ether oxygens (including phenoxy) is 1. The smallest absolute Gasteiger partial charge is 0.244 e. The van der Waals surface area contributed by atoms with Crippen molar-refractivity contribution in [3.8, 4) is 5.75 Å². The Labute approximate surface area is 116 Å². The predicted molar refractivity (Wildman–Crippen MR) is 71.8 cm³/mol. The minimum atomic E-state index is -0.0322. The van der Waals surface area contributed by atoms with Crippen molar-refractivity contribution in [2.45, 2.75) is 13.1 Å². The van der Waals surface area contributed by atoms with Gasteiger partial charge in [0.25, 0.3) is 0 Å². The summed E-state index contributed by atoms with van der Waals surface area (Å²) in [6, 6.07) is 7.75. The molecular formula is C13H15N5O2. The molecule has 0 bridgehead atoms. The number of fused-ring (bicyclic) bond motifs is 1. The maximum absolute atomic E-state index is 12.3. The maximum Gasteiger partial charge on any atom is 0.244 e. The van der Waals surface area contributed by atoms with Gasteiger partial charge < -0.3 is 15.4 Å². The first-order chi connectivity index (χ1) is 9.72. The van der Waals surface area contributed by atoms with Gasteiger partial charge in [-0.15, -0.1) is 5.10 Å². The Morgan fingerprint density at radius 3 is 3.05 bits per heavy atom. The zero-order valence-electron chi connectivity index (χ0n) is 10.9. The van der Waals surface area contributed by atoms with Crippen molar-refractivity contribution in [2.24, 2.45) is 0 Å². The van der Waals surface area contributed by atoms with E-state index in [4.69, 9.17) is 10.5 Å². The van der Waals surface area contributed by atoms with Gasteiger partial charge in [0.2, 0.25) is 11.9 Å². The summed E-state index contributed by atoms with van der Waals surface area (Å²) in [5.41, 5.74) is 6.44. The van der Waals surface area contributed by atoms with Crippen LogP contribution in [0, 0.1) is 0 Å². The van der Waals surface area contributed by atoms with Gasteiger partial charge in [-0.3, -0.25) is 4.79 Å². The Kier molecular flexibility index (Phi) is 3.24. The van der Waals surface area contributed by atoms with Gasteiger partial charge in [-0.1, -0.05) is 18.2 Å². The number of aromatic nitrogens is 3. The fraction of sp³-hybridized carbons (Fsp3) is 0.308. The van der Waals surface area contributed by atoms with Gasteiger partial charge in [-0.2, -0.15) is 0 Å². The van der Waals surface area contributed by atoms with E-state index in [1.807, 2.05) is 24.3 Å². The van der Waals surface area contributed by atoms with E-state index in [0.717, 1.165) is 11.3 Å². The molecule has 0 saturated heterocycles. The zero-order chi connectivity index (χ0) is 13.9. The lowest BCUT2D eigenvalue weighted by atomic mass is 10.2. The van der Waals surface area contributed by atoms with Crippen LogP contribution in [-0.4, -0.2) is 38.7 Å². The zero-order valence-corrected chi connectivity index (χ0v) is 10.9. The molecule has 0 saturated carbocycles. The molecule has 0 unspecified atom stereocenters. The summed E-state index contributed by atoms with van der Waals surface area (Å²) < 4.78 is 7.07. The molecule has 2 N–H and O–H groups in total. The molecule has 7 heteroatoms. The standard InChI is InChI=1S/C13H15N5O2/c14-13-15-9-18(16-13)8-12(19)17-5-6-20-11-4-2-1-3-10(11)7-17/h1-4,9H,5-8H2,(H2,14,16). The number of nitrogens with zero attached hydrogens (tertiary/aromatic N) is 4. The van der Waals surface area contributed by atoms with Crippen LogP contribution < -0.4 is 10.5 Å². The number of hydrogen-bond acceptors (Lipinski definition) is 5. The maximum atomic E-state index is 12.3. The number of para-hydroxylation sites is 1. The molecule has 1 aliphatic heterocycles. The van der Waals surface area contributed by atoms with Gasteiger partial charge in [-0.05, 0) is 6.07 Å². The van der Waals surface area contributed by atoms with E-state index in [9.17, 15) is 4.79 Å². The van der Waals surface area contributed by atoms with E-state index < -0.39 is 0 Å². The molecule has 0 aliphatic carbocycles. The van der Waals surface area contributed by atoms with Crippen LogP contribution in [0.25, 0.3) is 0 Å². The summed E-state index contributed by atoms with van der Waals surface area (Å²) in [7, 11) is 0.